The van der Waals surface area contributed by atoms with Gasteiger partial charge in [-0.2, -0.15) is 0 Å². The predicted molar refractivity (Wildman–Crippen MR) is 351 cm³/mol. The van der Waals surface area contributed by atoms with Crippen LogP contribution in [0.1, 0.15) is 136 Å². The molecular formula is C66H133NaO25S. The number of unbranched alkanes of at least 4 members (excludes halogenated alkanes) is 14. The van der Waals surface area contributed by atoms with Crippen LogP contribution in [0, 0.1) is 0 Å². The zero-order valence-electron chi connectivity index (χ0n) is 58.9. The maximum absolute atomic E-state index is 11.0. The van der Waals surface area contributed by atoms with Crippen LogP contribution in [-0.4, -0.2) is 309 Å². The van der Waals surface area contributed by atoms with Crippen LogP contribution in [0.5, 0.6) is 0 Å². The summed E-state index contributed by atoms with van der Waals surface area (Å²) in [6, 6.07) is 0. The molecule has 0 radical (unpaired) electrons. The molecule has 0 aliphatic rings. The molecule has 0 heterocycles. The molecule has 0 N–H and O–H groups in total. The summed E-state index contributed by atoms with van der Waals surface area (Å²) in [5.41, 5.74) is 0. The fraction of sp³-hybridized carbons (Fsp3) is 1.00. The van der Waals surface area contributed by atoms with Gasteiger partial charge in [0.1, 0.15) is 0 Å². The molecular weight excluding hydrogens is 1250 g/mol. The van der Waals surface area contributed by atoms with E-state index < -0.39 is 15.9 Å². The molecule has 27 heteroatoms. The minimum absolute atomic E-state index is 0. The Morgan fingerprint density at radius 1 is 0.247 bits per heavy atom. The molecule has 0 aromatic heterocycles. The first kappa shape index (κ1) is 95.1. The van der Waals surface area contributed by atoms with Gasteiger partial charge in [-0.05, 0) is 19.3 Å². The van der Waals surface area contributed by atoms with Crippen molar-refractivity contribution in [1.29, 1.82) is 0 Å². The van der Waals surface area contributed by atoms with Gasteiger partial charge in [0.15, 0.2) is 0 Å². The zero-order valence-corrected chi connectivity index (χ0v) is 61.7. The summed E-state index contributed by atoms with van der Waals surface area (Å²) in [5.74, 6) is -0.419. The second-order valence-corrected chi connectivity index (χ2v) is 23.2. The van der Waals surface area contributed by atoms with E-state index in [1.807, 2.05) is 0 Å². The Hall–Kier alpha value is 0.0300. The van der Waals surface area contributed by atoms with E-state index in [1.165, 1.54) is 83.5 Å². The van der Waals surface area contributed by atoms with Gasteiger partial charge in [0.2, 0.25) is 0 Å². The second kappa shape index (κ2) is 84.4. The second-order valence-electron chi connectivity index (χ2n) is 21.7. The van der Waals surface area contributed by atoms with Crippen LogP contribution in [-0.2, 0) is 114 Å². The fourth-order valence-corrected chi connectivity index (χ4v) is 8.99. The summed E-state index contributed by atoms with van der Waals surface area (Å²) in [7, 11) is -2.60. The van der Waals surface area contributed by atoms with Gasteiger partial charge >= 0.3 is 29.6 Å². The molecule has 0 bridgehead atoms. The molecule has 0 aliphatic heterocycles. The third kappa shape index (κ3) is 86.2. The largest absolute Gasteiger partial charge is 1.00 e. The van der Waals surface area contributed by atoms with Crippen LogP contribution in [0.3, 0.4) is 0 Å². The van der Waals surface area contributed by atoms with Crippen molar-refractivity contribution in [3.05, 3.63) is 0 Å². The van der Waals surface area contributed by atoms with Crippen LogP contribution in [0.4, 0.5) is 0 Å². The maximum Gasteiger partial charge on any atom is 1.00 e. The van der Waals surface area contributed by atoms with E-state index in [9.17, 15) is 13.0 Å². The zero-order chi connectivity index (χ0) is 66.3. The molecule has 0 rings (SSSR count). The van der Waals surface area contributed by atoms with Crippen molar-refractivity contribution in [1.82, 2.24) is 0 Å². The summed E-state index contributed by atoms with van der Waals surface area (Å²) < 4.78 is 156. The minimum atomic E-state index is -4.24. The van der Waals surface area contributed by atoms with Crippen LogP contribution < -0.4 is 29.6 Å². The predicted octanol–water partition coefficient (Wildman–Crippen LogP) is 4.72. The van der Waals surface area contributed by atoms with E-state index in [1.54, 1.807) is 7.11 Å². The van der Waals surface area contributed by atoms with E-state index in [2.05, 4.69) is 13.8 Å². The molecule has 0 saturated carbocycles. The first-order valence-corrected chi connectivity index (χ1v) is 36.6. The summed E-state index contributed by atoms with van der Waals surface area (Å²) >= 11 is 0. The van der Waals surface area contributed by atoms with E-state index in [4.69, 9.17) is 104 Å². The van der Waals surface area contributed by atoms with Gasteiger partial charge in [-0.1, -0.05) is 117 Å². The smallest absolute Gasteiger partial charge is 0.748 e. The molecule has 2 atom stereocenters. The van der Waals surface area contributed by atoms with Crippen molar-refractivity contribution in [2.75, 3.05) is 284 Å². The normalized spacial score (nSPS) is 12.6. The Bertz CT molecular complexity index is 1460. The summed E-state index contributed by atoms with van der Waals surface area (Å²) in [5, 5.41) is 0. The average molecular weight is 1380 g/mol. The molecule has 0 saturated heterocycles. The third-order valence-corrected chi connectivity index (χ3v) is 14.4. The molecule has 2 unspecified atom stereocenters. The number of ether oxygens (including phenoxy) is 22. The number of hydrogen-bond acceptors (Lipinski definition) is 25. The summed E-state index contributed by atoms with van der Waals surface area (Å²) in [6.45, 7) is 24.2. The summed E-state index contributed by atoms with van der Waals surface area (Å²) in [6.07, 6.45) is 21.7. The van der Waals surface area contributed by atoms with Gasteiger partial charge in [-0.3, -0.25) is 0 Å². The SMILES string of the molecule is CCCCCCCCCCC(COCCCS(=O)(=O)[O-])OCCOCCOC(CCCCCCCCCC)COCCOCCOCCOCCOCCOCCOCCOCCOCCOCCOCCOCCOCCOCCOCCOCCOCCOC.[Na+]. The molecule has 0 aromatic carbocycles. The van der Waals surface area contributed by atoms with Crippen molar-refractivity contribution in [3.63, 3.8) is 0 Å². The van der Waals surface area contributed by atoms with Gasteiger partial charge in [-0.15, -0.1) is 0 Å². The maximum atomic E-state index is 11.0. The molecule has 0 fully saturated rings. The number of methoxy groups -OCH3 is 1. The number of rotatable bonds is 85. The molecule has 0 amide bonds. The molecule has 0 aliphatic carbocycles. The van der Waals surface area contributed by atoms with Gasteiger partial charge in [-0.25, -0.2) is 8.42 Å². The van der Waals surface area contributed by atoms with Crippen LogP contribution in [0.2, 0.25) is 0 Å². The first-order valence-electron chi connectivity index (χ1n) is 35.1. The molecule has 93 heavy (non-hydrogen) atoms. The van der Waals surface area contributed by atoms with Gasteiger partial charge in [0.05, 0.1) is 287 Å². The first-order chi connectivity index (χ1) is 45.4. The Balaban J connectivity index is 0. The topological polar surface area (TPSA) is 260 Å². The van der Waals surface area contributed by atoms with Crippen molar-refractivity contribution in [2.24, 2.45) is 0 Å². The quantitative estimate of drug-likeness (QED) is 0.0453. The van der Waals surface area contributed by atoms with Crippen molar-refractivity contribution >= 4 is 10.1 Å². The monoisotopic (exact) mass is 1380 g/mol. The minimum Gasteiger partial charge on any atom is -0.748 e. The van der Waals surface area contributed by atoms with Crippen LogP contribution >= 0.6 is 0 Å². The Morgan fingerprint density at radius 2 is 0.441 bits per heavy atom. The molecule has 25 nitrogen and oxygen atoms in total. The average Bonchev–Trinajstić information content (AvgIpc) is 3.69. The fourth-order valence-electron chi connectivity index (χ4n) is 8.52. The third-order valence-electron chi connectivity index (χ3n) is 13.6. The van der Waals surface area contributed by atoms with E-state index >= 15 is 0 Å². The van der Waals surface area contributed by atoms with Gasteiger partial charge in [0.25, 0.3) is 0 Å². The molecule has 0 spiro atoms. The van der Waals surface area contributed by atoms with Crippen molar-refractivity contribution < 1.29 is 147 Å². The van der Waals surface area contributed by atoms with Crippen molar-refractivity contribution in [2.45, 2.75) is 148 Å². The van der Waals surface area contributed by atoms with Crippen LogP contribution in [0.25, 0.3) is 0 Å². The van der Waals surface area contributed by atoms with Gasteiger partial charge < -0.3 is 109 Å². The van der Waals surface area contributed by atoms with Crippen LogP contribution in [0.15, 0.2) is 0 Å². The Morgan fingerprint density at radius 3 is 0.667 bits per heavy atom. The molecule has 0 aromatic rings. The van der Waals surface area contributed by atoms with Gasteiger partial charge in [0, 0.05) is 19.5 Å². The van der Waals surface area contributed by atoms with E-state index in [0.717, 1.165) is 32.1 Å². The Labute approximate surface area is 585 Å². The van der Waals surface area contributed by atoms with E-state index in [0.29, 0.717) is 264 Å². The standard InChI is InChI=1S/C66H134O25S.Na/c1-4-6-8-10-12-14-16-18-21-65(63-88-23-20-62-92(67,68)69)90-60-58-87-59-61-91-66(22-19-17-15-13-11-9-7-5-2)64-89-57-56-86-55-54-85-53-52-84-51-50-83-49-48-82-47-46-81-45-44-80-43-42-79-41-40-78-39-38-77-37-36-76-35-34-75-33-32-74-31-30-73-29-28-72-27-26-71-25-24-70-3;/h65-66H,4-64H2,1-3H3,(H,67,68,69);/q;+1/p-1. The number of hydrogen-bond donors (Lipinski definition) is 0. The van der Waals surface area contributed by atoms with Crippen molar-refractivity contribution in [3.8, 4) is 0 Å². The summed E-state index contributed by atoms with van der Waals surface area (Å²) in [4.78, 5) is 0. The Kier molecular flexibility index (Phi) is 86.3. The molecule has 554 valence electrons. The van der Waals surface area contributed by atoms with E-state index in [-0.39, 0.29) is 54.8 Å².